The van der Waals surface area contributed by atoms with E-state index in [9.17, 15) is 33.9 Å². The second-order valence-electron chi connectivity index (χ2n) is 6.89. The molecule has 0 fully saturated rings. The molecule has 0 aromatic carbocycles. The molecule has 33 heavy (non-hydrogen) atoms. The lowest BCUT2D eigenvalue weighted by atomic mass is 10.1. The van der Waals surface area contributed by atoms with Crippen LogP contribution in [0.2, 0.25) is 0 Å². The molecule has 0 aliphatic heterocycles. The third kappa shape index (κ3) is 12.9. The van der Waals surface area contributed by atoms with Gasteiger partial charge in [0.1, 0.15) is 18.1 Å². The predicted octanol–water partition coefficient (Wildman–Crippen LogP) is -1.69. The van der Waals surface area contributed by atoms with Crippen LogP contribution in [0.4, 0.5) is 0 Å². The van der Waals surface area contributed by atoms with Crippen molar-refractivity contribution in [2.75, 3.05) is 24.0 Å². The molecule has 0 spiro atoms. The van der Waals surface area contributed by atoms with Crippen LogP contribution in [0.25, 0.3) is 0 Å². The van der Waals surface area contributed by atoms with E-state index in [-0.39, 0.29) is 12.8 Å². The van der Waals surface area contributed by atoms with Crippen molar-refractivity contribution in [1.29, 1.82) is 0 Å². The second-order valence-corrected chi connectivity index (χ2v) is 8.86. The summed E-state index contributed by atoms with van der Waals surface area (Å²) in [4.78, 5) is 70.7. The minimum Gasteiger partial charge on any atom is -0.481 e. The summed E-state index contributed by atoms with van der Waals surface area (Å²) in [7, 11) is 0. The SMILES string of the molecule is CSCCC(NC(=O)C(CCSC)NC(=O)C(CC(=O)O)NC(=O)C(N)CC(=O)O)C(=O)O. The van der Waals surface area contributed by atoms with E-state index in [1.54, 1.807) is 12.5 Å². The Bertz CT molecular complexity index is 723. The maximum absolute atomic E-state index is 12.7. The molecule has 0 aliphatic carbocycles. The first kappa shape index (κ1) is 30.5. The lowest BCUT2D eigenvalue weighted by Gasteiger charge is -2.24. The minimum absolute atomic E-state index is 0.111. The van der Waals surface area contributed by atoms with Crippen LogP contribution in [0.3, 0.4) is 0 Å². The first-order valence-electron chi connectivity index (χ1n) is 9.73. The van der Waals surface area contributed by atoms with Crippen LogP contribution in [-0.2, 0) is 28.8 Å². The molecule has 0 saturated heterocycles. The van der Waals surface area contributed by atoms with Crippen LogP contribution in [0.15, 0.2) is 0 Å². The Balaban J connectivity index is 5.45. The molecule has 4 unspecified atom stereocenters. The highest BCUT2D eigenvalue weighted by Gasteiger charge is 2.31. The van der Waals surface area contributed by atoms with E-state index in [1.807, 2.05) is 0 Å². The third-order valence-electron chi connectivity index (χ3n) is 4.21. The Labute approximate surface area is 199 Å². The van der Waals surface area contributed by atoms with E-state index in [4.69, 9.17) is 15.9 Å². The quantitative estimate of drug-likeness (QED) is 0.116. The van der Waals surface area contributed by atoms with Crippen LogP contribution < -0.4 is 21.7 Å². The fourth-order valence-corrected chi connectivity index (χ4v) is 3.43. The largest absolute Gasteiger partial charge is 0.481 e. The van der Waals surface area contributed by atoms with Gasteiger partial charge in [-0.1, -0.05) is 0 Å². The summed E-state index contributed by atoms with van der Waals surface area (Å²) in [6.07, 6.45) is 2.22. The van der Waals surface area contributed by atoms with Crippen molar-refractivity contribution in [3.63, 3.8) is 0 Å². The predicted molar refractivity (Wildman–Crippen MR) is 122 cm³/mol. The molecule has 0 bridgehead atoms. The number of amides is 3. The third-order valence-corrected chi connectivity index (χ3v) is 5.50. The molecule has 13 nitrogen and oxygen atoms in total. The zero-order valence-corrected chi connectivity index (χ0v) is 19.9. The first-order valence-corrected chi connectivity index (χ1v) is 12.5. The Morgan fingerprint density at radius 2 is 1.12 bits per heavy atom. The van der Waals surface area contributed by atoms with Crippen LogP contribution in [0.5, 0.6) is 0 Å². The first-order chi connectivity index (χ1) is 15.4. The molecule has 0 aromatic heterocycles. The number of aliphatic carboxylic acids is 3. The van der Waals surface area contributed by atoms with Crippen LogP contribution >= 0.6 is 23.5 Å². The summed E-state index contributed by atoms with van der Waals surface area (Å²) >= 11 is 2.76. The van der Waals surface area contributed by atoms with Gasteiger partial charge in [0.05, 0.1) is 18.9 Å². The average Bonchev–Trinajstić information content (AvgIpc) is 2.71. The van der Waals surface area contributed by atoms with Gasteiger partial charge < -0.3 is 37.0 Å². The average molecular weight is 511 g/mol. The molecule has 0 radical (unpaired) electrons. The summed E-state index contributed by atoms with van der Waals surface area (Å²) in [6.45, 7) is 0. The van der Waals surface area contributed by atoms with E-state index in [1.165, 1.54) is 23.5 Å². The molecule has 8 N–H and O–H groups in total. The van der Waals surface area contributed by atoms with Crippen molar-refractivity contribution in [2.24, 2.45) is 5.73 Å². The van der Waals surface area contributed by atoms with Crippen LogP contribution in [0.1, 0.15) is 25.7 Å². The fourth-order valence-electron chi connectivity index (χ4n) is 2.49. The molecule has 15 heteroatoms. The number of thioether (sulfide) groups is 2. The van der Waals surface area contributed by atoms with E-state index in [0.717, 1.165) is 0 Å². The zero-order valence-electron chi connectivity index (χ0n) is 18.2. The van der Waals surface area contributed by atoms with Gasteiger partial charge in [0.15, 0.2) is 0 Å². The molecule has 188 valence electrons. The van der Waals surface area contributed by atoms with Gasteiger partial charge in [-0.15, -0.1) is 0 Å². The standard InChI is InChI=1S/C18H30N4O9S2/c1-32-5-3-10(16(28)21-11(18(30)31)4-6-33-2)20-17(29)12(8-14(25)26)22-15(27)9(19)7-13(23)24/h9-12H,3-8,19H2,1-2H3,(H,20,29)(H,21,28)(H,22,27)(H,23,24)(H,25,26)(H,30,31). The summed E-state index contributed by atoms with van der Waals surface area (Å²) < 4.78 is 0. The molecule has 0 aromatic rings. The smallest absolute Gasteiger partial charge is 0.326 e. The van der Waals surface area contributed by atoms with E-state index in [2.05, 4.69) is 16.0 Å². The highest BCUT2D eigenvalue weighted by atomic mass is 32.2. The summed E-state index contributed by atoms with van der Waals surface area (Å²) in [5.74, 6) is -5.97. The van der Waals surface area contributed by atoms with Crippen molar-refractivity contribution >= 4 is 59.2 Å². The maximum atomic E-state index is 12.7. The normalized spacial score (nSPS) is 14.3. The summed E-state index contributed by atoms with van der Waals surface area (Å²) in [5.41, 5.74) is 5.44. The number of nitrogens with one attached hydrogen (secondary N) is 3. The molecular formula is C18H30N4O9S2. The lowest BCUT2D eigenvalue weighted by molar-refractivity contribution is -0.143. The Morgan fingerprint density at radius 1 is 0.697 bits per heavy atom. The number of hydrogen-bond acceptors (Lipinski definition) is 9. The van der Waals surface area contributed by atoms with E-state index in [0.29, 0.717) is 11.5 Å². The highest BCUT2D eigenvalue weighted by molar-refractivity contribution is 7.98. The molecule has 0 rings (SSSR count). The van der Waals surface area contributed by atoms with E-state index < -0.39 is 72.6 Å². The van der Waals surface area contributed by atoms with Gasteiger partial charge in [0.2, 0.25) is 17.7 Å². The van der Waals surface area contributed by atoms with Gasteiger partial charge >= 0.3 is 17.9 Å². The van der Waals surface area contributed by atoms with Gasteiger partial charge in [0, 0.05) is 0 Å². The molecule has 0 heterocycles. The summed E-state index contributed by atoms with van der Waals surface area (Å²) in [6, 6.07) is -5.52. The lowest BCUT2D eigenvalue weighted by Crippen LogP contribution is -2.57. The molecule has 0 saturated carbocycles. The Hall–Kier alpha value is -2.52. The number of carbonyl (C=O) groups is 6. The van der Waals surface area contributed by atoms with E-state index >= 15 is 0 Å². The van der Waals surface area contributed by atoms with Crippen LogP contribution in [-0.4, -0.2) is 99.1 Å². The van der Waals surface area contributed by atoms with Gasteiger partial charge in [-0.2, -0.15) is 23.5 Å². The van der Waals surface area contributed by atoms with Crippen molar-refractivity contribution in [1.82, 2.24) is 16.0 Å². The highest BCUT2D eigenvalue weighted by Crippen LogP contribution is 2.06. The number of carbonyl (C=O) groups excluding carboxylic acids is 3. The zero-order chi connectivity index (χ0) is 25.6. The van der Waals surface area contributed by atoms with Crippen molar-refractivity contribution < 1.29 is 44.1 Å². The number of nitrogens with two attached hydrogens (primary N) is 1. The fraction of sp³-hybridized carbons (Fsp3) is 0.667. The minimum atomic E-state index is -1.63. The Kier molecular flexibility index (Phi) is 14.9. The van der Waals surface area contributed by atoms with Gasteiger partial charge in [-0.3, -0.25) is 24.0 Å². The topological polar surface area (TPSA) is 225 Å². The van der Waals surface area contributed by atoms with Gasteiger partial charge in [-0.25, -0.2) is 4.79 Å². The number of carboxylic acid groups (broad SMARTS) is 3. The second kappa shape index (κ2) is 16.1. The van der Waals surface area contributed by atoms with Gasteiger partial charge in [0.25, 0.3) is 0 Å². The van der Waals surface area contributed by atoms with Crippen molar-refractivity contribution in [3.05, 3.63) is 0 Å². The summed E-state index contributed by atoms with van der Waals surface area (Å²) in [5, 5.41) is 33.9. The van der Waals surface area contributed by atoms with Crippen molar-refractivity contribution in [2.45, 2.75) is 49.9 Å². The van der Waals surface area contributed by atoms with Crippen molar-refractivity contribution in [3.8, 4) is 0 Å². The number of rotatable bonds is 17. The van der Waals surface area contributed by atoms with Gasteiger partial charge in [-0.05, 0) is 36.9 Å². The number of carboxylic acids is 3. The Morgan fingerprint density at radius 3 is 1.58 bits per heavy atom. The molecule has 0 aliphatic rings. The number of hydrogen-bond donors (Lipinski definition) is 7. The molecular weight excluding hydrogens is 480 g/mol. The molecule has 4 atom stereocenters. The molecule has 3 amide bonds. The monoisotopic (exact) mass is 510 g/mol. The van der Waals surface area contributed by atoms with Crippen LogP contribution in [0, 0.1) is 0 Å². The maximum Gasteiger partial charge on any atom is 0.326 e.